The third-order valence-electron chi connectivity index (χ3n) is 5.84. The van der Waals surface area contributed by atoms with Crippen molar-refractivity contribution in [3.63, 3.8) is 0 Å². The maximum atomic E-state index is 12.9. The molecule has 0 spiro atoms. The quantitative estimate of drug-likeness (QED) is 0.901. The number of carbonyl (C=O) groups excluding carboxylic acids is 1. The number of carbonyl (C=O) groups is 1. The average Bonchev–Trinajstić information content (AvgIpc) is 3.07. The van der Waals surface area contributed by atoms with E-state index in [0.29, 0.717) is 18.1 Å². The number of rotatable bonds is 3. The number of para-hydroxylation sites is 1. The van der Waals surface area contributed by atoms with Crippen LogP contribution in [0.4, 0.5) is 0 Å². The molecule has 1 amide bonds. The maximum Gasteiger partial charge on any atom is 0.253 e. The van der Waals surface area contributed by atoms with Crippen molar-refractivity contribution in [1.82, 2.24) is 15.2 Å². The van der Waals surface area contributed by atoms with Gasteiger partial charge in [-0.15, -0.1) is 0 Å². The molecule has 2 aromatic rings. The predicted molar refractivity (Wildman–Crippen MR) is 100 cm³/mol. The van der Waals surface area contributed by atoms with Gasteiger partial charge in [0.25, 0.3) is 5.91 Å². The van der Waals surface area contributed by atoms with Crippen molar-refractivity contribution in [2.24, 2.45) is 0 Å². The minimum atomic E-state index is 0.0687. The van der Waals surface area contributed by atoms with Crippen LogP contribution in [-0.4, -0.2) is 28.6 Å². The summed E-state index contributed by atoms with van der Waals surface area (Å²) in [5, 5.41) is 6.92. The molecule has 2 unspecified atom stereocenters. The van der Waals surface area contributed by atoms with Gasteiger partial charge < -0.3 is 15.2 Å². The molecule has 2 atom stereocenters. The van der Waals surface area contributed by atoms with Gasteiger partial charge >= 0.3 is 0 Å². The van der Waals surface area contributed by atoms with E-state index in [1.807, 2.05) is 25.1 Å². The highest BCUT2D eigenvalue weighted by Crippen LogP contribution is 2.28. The fourth-order valence-electron chi connectivity index (χ4n) is 4.62. The number of piperidine rings is 1. The largest absolute Gasteiger partial charge is 0.349 e. The zero-order valence-electron chi connectivity index (χ0n) is 15.3. The van der Waals surface area contributed by atoms with E-state index in [9.17, 15) is 4.79 Å². The normalized spacial score (nSPS) is 25.2. The molecule has 4 heteroatoms. The number of fused-ring (bicyclic) bond motifs is 2. The summed E-state index contributed by atoms with van der Waals surface area (Å²) in [5.74, 6) is 0.0687. The third kappa shape index (κ3) is 2.99. The van der Waals surface area contributed by atoms with Gasteiger partial charge in [0.05, 0.1) is 5.56 Å². The Morgan fingerprint density at radius 1 is 1.12 bits per heavy atom. The van der Waals surface area contributed by atoms with E-state index in [4.69, 9.17) is 0 Å². The molecule has 25 heavy (non-hydrogen) atoms. The van der Waals surface area contributed by atoms with Crippen LogP contribution in [0.3, 0.4) is 0 Å². The molecule has 0 radical (unpaired) electrons. The van der Waals surface area contributed by atoms with Crippen molar-refractivity contribution < 1.29 is 4.79 Å². The van der Waals surface area contributed by atoms with Gasteiger partial charge in [0.15, 0.2) is 0 Å². The number of amides is 1. The van der Waals surface area contributed by atoms with E-state index in [1.54, 1.807) is 0 Å². The summed E-state index contributed by atoms with van der Waals surface area (Å²) < 4.78 is 2.19. The zero-order chi connectivity index (χ0) is 17.6. The molecule has 1 aromatic heterocycles. The van der Waals surface area contributed by atoms with E-state index in [-0.39, 0.29) is 5.91 Å². The topological polar surface area (TPSA) is 46.1 Å². The highest BCUT2D eigenvalue weighted by Gasteiger charge is 2.34. The molecule has 2 saturated heterocycles. The van der Waals surface area contributed by atoms with Crippen LogP contribution in [0.25, 0.3) is 5.69 Å². The number of hydrogen-bond donors (Lipinski definition) is 2. The molecule has 2 bridgehead atoms. The van der Waals surface area contributed by atoms with Gasteiger partial charge in [-0.2, -0.15) is 0 Å². The first-order valence-electron chi connectivity index (χ1n) is 9.35. The Hall–Kier alpha value is -2.07. The number of nitrogens with zero attached hydrogens (tertiary/aromatic N) is 1. The van der Waals surface area contributed by atoms with Crippen molar-refractivity contribution in [2.75, 3.05) is 0 Å². The average molecular weight is 337 g/mol. The second-order valence-corrected chi connectivity index (χ2v) is 7.69. The summed E-state index contributed by atoms with van der Waals surface area (Å²) in [6.45, 7) is 6.22. The van der Waals surface area contributed by atoms with Gasteiger partial charge in [0.1, 0.15) is 0 Å². The second-order valence-electron chi connectivity index (χ2n) is 7.69. The SMILES string of the molecule is Cc1ccccc1-n1c(C)cc(C(=O)NC2CC3CCC(C2)N3)c1C. The standard InChI is InChI=1S/C21H27N3O/c1-13-6-4-5-7-20(13)24-14(2)10-19(15(24)3)21(25)23-18-11-16-8-9-17(12-18)22-16/h4-7,10,16-18,22H,8-9,11-12H2,1-3H3,(H,23,25). The van der Waals surface area contributed by atoms with Crippen LogP contribution in [0.1, 0.15) is 53.0 Å². The summed E-state index contributed by atoms with van der Waals surface area (Å²) in [5.41, 5.74) is 5.28. The monoisotopic (exact) mass is 337 g/mol. The lowest BCUT2D eigenvalue weighted by atomic mass is 9.99. The highest BCUT2D eigenvalue weighted by atomic mass is 16.1. The Balaban J connectivity index is 1.58. The van der Waals surface area contributed by atoms with Crippen LogP contribution in [0.2, 0.25) is 0 Å². The molecule has 132 valence electrons. The fraction of sp³-hybridized carbons (Fsp3) is 0.476. The maximum absolute atomic E-state index is 12.9. The van der Waals surface area contributed by atoms with E-state index < -0.39 is 0 Å². The molecule has 2 aliphatic heterocycles. The molecule has 4 rings (SSSR count). The summed E-state index contributed by atoms with van der Waals surface area (Å²) >= 11 is 0. The van der Waals surface area contributed by atoms with Crippen LogP contribution < -0.4 is 10.6 Å². The van der Waals surface area contributed by atoms with E-state index in [0.717, 1.165) is 35.5 Å². The first-order valence-corrected chi connectivity index (χ1v) is 9.35. The number of aromatic nitrogens is 1. The lowest BCUT2D eigenvalue weighted by Crippen LogP contribution is -2.48. The molecule has 3 heterocycles. The predicted octanol–water partition coefficient (Wildman–Crippen LogP) is 3.42. The van der Waals surface area contributed by atoms with Crippen LogP contribution >= 0.6 is 0 Å². The van der Waals surface area contributed by atoms with Crippen molar-refractivity contribution in [1.29, 1.82) is 0 Å². The Morgan fingerprint density at radius 2 is 1.80 bits per heavy atom. The van der Waals surface area contributed by atoms with Gasteiger partial charge in [0.2, 0.25) is 0 Å². The summed E-state index contributed by atoms with van der Waals surface area (Å²) in [4.78, 5) is 12.9. The van der Waals surface area contributed by atoms with Gasteiger partial charge in [-0.05, 0) is 64.2 Å². The molecular formula is C21H27N3O. The summed E-state index contributed by atoms with van der Waals surface area (Å²) in [7, 11) is 0. The molecule has 0 saturated carbocycles. The smallest absolute Gasteiger partial charge is 0.253 e. The fourth-order valence-corrected chi connectivity index (χ4v) is 4.62. The zero-order valence-corrected chi connectivity index (χ0v) is 15.3. The van der Waals surface area contributed by atoms with Crippen molar-refractivity contribution in [2.45, 2.75) is 64.6 Å². The number of hydrogen-bond acceptors (Lipinski definition) is 2. The minimum Gasteiger partial charge on any atom is -0.349 e. The lowest BCUT2D eigenvalue weighted by molar-refractivity contribution is 0.0923. The van der Waals surface area contributed by atoms with Gasteiger partial charge in [0, 0.05) is 35.2 Å². The first-order chi connectivity index (χ1) is 12.0. The summed E-state index contributed by atoms with van der Waals surface area (Å²) in [6, 6.07) is 11.8. The number of benzene rings is 1. The van der Waals surface area contributed by atoms with Gasteiger partial charge in [-0.1, -0.05) is 18.2 Å². The molecule has 2 fully saturated rings. The number of nitrogens with one attached hydrogen (secondary N) is 2. The van der Waals surface area contributed by atoms with E-state index in [1.165, 1.54) is 18.4 Å². The van der Waals surface area contributed by atoms with E-state index >= 15 is 0 Å². The number of aryl methyl sites for hydroxylation is 2. The molecule has 1 aromatic carbocycles. The van der Waals surface area contributed by atoms with Crippen molar-refractivity contribution in [3.05, 3.63) is 52.8 Å². The Kier molecular flexibility index (Phi) is 4.16. The molecule has 2 aliphatic rings. The highest BCUT2D eigenvalue weighted by molar-refractivity contribution is 5.96. The van der Waals surface area contributed by atoms with Crippen molar-refractivity contribution >= 4 is 5.91 Å². The Morgan fingerprint density at radius 3 is 2.48 bits per heavy atom. The van der Waals surface area contributed by atoms with Crippen LogP contribution in [0.15, 0.2) is 30.3 Å². The molecule has 4 nitrogen and oxygen atoms in total. The Labute approximate surface area is 149 Å². The van der Waals surface area contributed by atoms with Gasteiger partial charge in [-0.25, -0.2) is 0 Å². The lowest BCUT2D eigenvalue weighted by Gasteiger charge is -2.29. The Bertz CT molecular complexity index is 795. The first kappa shape index (κ1) is 16.4. The molecule has 2 N–H and O–H groups in total. The minimum absolute atomic E-state index is 0.0687. The van der Waals surface area contributed by atoms with Crippen LogP contribution in [0, 0.1) is 20.8 Å². The van der Waals surface area contributed by atoms with Gasteiger partial charge in [-0.3, -0.25) is 4.79 Å². The molecular weight excluding hydrogens is 310 g/mol. The molecule has 0 aliphatic carbocycles. The van der Waals surface area contributed by atoms with Crippen LogP contribution in [-0.2, 0) is 0 Å². The van der Waals surface area contributed by atoms with E-state index in [2.05, 4.69) is 41.2 Å². The second kappa shape index (κ2) is 6.34. The van der Waals surface area contributed by atoms with Crippen molar-refractivity contribution in [3.8, 4) is 5.69 Å². The summed E-state index contributed by atoms with van der Waals surface area (Å²) in [6.07, 6.45) is 4.61. The third-order valence-corrected chi connectivity index (χ3v) is 5.84. The van der Waals surface area contributed by atoms with Crippen LogP contribution in [0.5, 0.6) is 0 Å².